The maximum Gasteiger partial charge on any atom is 0.123 e. The third kappa shape index (κ3) is 3.79. The van der Waals surface area contributed by atoms with Gasteiger partial charge >= 0.3 is 0 Å². The summed E-state index contributed by atoms with van der Waals surface area (Å²) in [5.41, 5.74) is 3.38. The van der Waals surface area contributed by atoms with Gasteiger partial charge in [0.1, 0.15) is 5.82 Å². The third-order valence-electron chi connectivity index (χ3n) is 3.22. The number of benzene rings is 2. The Kier molecular flexibility index (Phi) is 4.94. The molecule has 1 atom stereocenters. The zero-order valence-electron chi connectivity index (χ0n) is 10.9. The van der Waals surface area contributed by atoms with E-state index >= 15 is 0 Å². The summed E-state index contributed by atoms with van der Waals surface area (Å²) < 4.78 is 13.4. The van der Waals surface area contributed by atoms with Gasteiger partial charge in [-0.05, 0) is 48.4 Å². The van der Waals surface area contributed by atoms with E-state index in [4.69, 9.17) is 11.8 Å². The maximum atomic E-state index is 13.4. The fourth-order valence-corrected chi connectivity index (χ4v) is 2.44. The molecule has 0 heterocycles. The second-order valence-corrected chi connectivity index (χ2v) is 4.96. The van der Waals surface area contributed by atoms with Gasteiger partial charge < -0.3 is 0 Å². The van der Waals surface area contributed by atoms with E-state index in [2.05, 4.69) is 30.0 Å². The van der Waals surface area contributed by atoms with E-state index in [0.29, 0.717) is 6.54 Å². The predicted molar refractivity (Wildman–Crippen MR) is 77.9 cm³/mol. The first-order chi connectivity index (χ1) is 9.20. The Balaban J connectivity index is 2.35. The molecule has 2 aromatic carbocycles. The van der Waals surface area contributed by atoms with Gasteiger partial charge in [-0.3, -0.25) is 0 Å². The molecule has 0 saturated carbocycles. The van der Waals surface area contributed by atoms with Crippen LogP contribution in [0.5, 0.6) is 0 Å². The Morgan fingerprint density at radius 2 is 1.79 bits per heavy atom. The van der Waals surface area contributed by atoms with Crippen LogP contribution >= 0.6 is 11.8 Å². The van der Waals surface area contributed by atoms with Crippen LogP contribution in [-0.2, 0) is 0 Å². The van der Waals surface area contributed by atoms with Crippen molar-refractivity contribution in [1.29, 1.82) is 0 Å². The van der Waals surface area contributed by atoms with E-state index in [0.717, 1.165) is 12.0 Å². The van der Waals surface area contributed by atoms with Gasteiger partial charge in [-0.25, -0.2) is 9.23 Å². The Morgan fingerprint density at radius 3 is 2.42 bits per heavy atom. The van der Waals surface area contributed by atoms with Crippen molar-refractivity contribution >= 4 is 11.8 Å². The van der Waals surface area contributed by atoms with E-state index in [9.17, 15) is 4.39 Å². The van der Waals surface area contributed by atoms with E-state index < -0.39 is 0 Å². The molecule has 0 saturated heterocycles. The van der Waals surface area contributed by atoms with Crippen LogP contribution in [0.4, 0.5) is 4.39 Å². The number of hydrogen-bond donors (Lipinski definition) is 1. The molecule has 2 rings (SSSR count). The van der Waals surface area contributed by atoms with Gasteiger partial charge in [0.2, 0.25) is 0 Å². The zero-order valence-corrected chi connectivity index (χ0v) is 11.6. The van der Waals surface area contributed by atoms with Crippen molar-refractivity contribution in [2.75, 3.05) is 6.54 Å². The molecule has 0 spiro atoms. The van der Waals surface area contributed by atoms with Crippen molar-refractivity contribution in [2.24, 2.45) is 0 Å². The smallest absolute Gasteiger partial charge is 0.123 e. The molecule has 3 heteroatoms. The van der Waals surface area contributed by atoms with Crippen LogP contribution in [0.2, 0.25) is 0 Å². The standard InChI is InChI=1S/C16H17ClFN/c1-12-4-2-5-13(10-12)16(8-9-19-17)14-6-3-7-15(18)11-14/h2-7,10-11,16,19H,8-9H2,1H3. The van der Waals surface area contributed by atoms with Crippen molar-refractivity contribution in [3.8, 4) is 0 Å². The quantitative estimate of drug-likeness (QED) is 0.799. The van der Waals surface area contributed by atoms with E-state index in [1.54, 1.807) is 12.1 Å². The fourth-order valence-electron chi connectivity index (χ4n) is 2.33. The summed E-state index contributed by atoms with van der Waals surface area (Å²) >= 11 is 5.56. The molecule has 0 radical (unpaired) electrons. The summed E-state index contributed by atoms with van der Waals surface area (Å²) in [4.78, 5) is 2.65. The first kappa shape index (κ1) is 14.0. The number of halogens is 2. The highest BCUT2D eigenvalue weighted by Crippen LogP contribution is 2.28. The minimum Gasteiger partial charge on any atom is -0.234 e. The first-order valence-corrected chi connectivity index (χ1v) is 6.74. The van der Waals surface area contributed by atoms with Crippen LogP contribution in [0.1, 0.15) is 29.0 Å². The van der Waals surface area contributed by atoms with Crippen LogP contribution < -0.4 is 4.84 Å². The highest BCUT2D eigenvalue weighted by molar-refractivity contribution is 6.13. The number of nitrogens with one attached hydrogen (secondary N) is 1. The average molecular weight is 278 g/mol. The molecule has 1 unspecified atom stereocenters. The van der Waals surface area contributed by atoms with Gasteiger partial charge in [-0.1, -0.05) is 42.0 Å². The molecule has 19 heavy (non-hydrogen) atoms. The maximum absolute atomic E-state index is 13.4. The molecule has 1 nitrogen and oxygen atoms in total. The summed E-state index contributed by atoms with van der Waals surface area (Å²) in [6.45, 7) is 2.74. The first-order valence-electron chi connectivity index (χ1n) is 6.36. The van der Waals surface area contributed by atoms with Gasteiger partial charge in [0.15, 0.2) is 0 Å². The minimum atomic E-state index is -0.200. The topological polar surface area (TPSA) is 12.0 Å². The van der Waals surface area contributed by atoms with Crippen molar-refractivity contribution in [3.63, 3.8) is 0 Å². The van der Waals surface area contributed by atoms with Crippen LogP contribution in [0, 0.1) is 12.7 Å². The molecule has 100 valence electrons. The largest absolute Gasteiger partial charge is 0.234 e. The molecular weight excluding hydrogens is 261 g/mol. The lowest BCUT2D eigenvalue weighted by Crippen LogP contribution is -2.10. The molecule has 0 aliphatic rings. The average Bonchev–Trinajstić information content (AvgIpc) is 2.39. The van der Waals surface area contributed by atoms with E-state index in [-0.39, 0.29) is 11.7 Å². The lowest BCUT2D eigenvalue weighted by Gasteiger charge is -2.18. The Labute approximate surface area is 118 Å². The van der Waals surface area contributed by atoms with Gasteiger partial charge in [0.05, 0.1) is 0 Å². The second kappa shape index (κ2) is 6.69. The van der Waals surface area contributed by atoms with E-state index in [1.807, 2.05) is 12.1 Å². The van der Waals surface area contributed by atoms with E-state index in [1.165, 1.54) is 17.2 Å². The summed E-state index contributed by atoms with van der Waals surface area (Å²) in [5.74, 6) is -0.0455. The van der Waals surface area contributed by atoms with Gasteiger partial charge in [-0.2, -0.15) is 0 Å². The molecule has 2 aromatic rings. The third-order valence-corrected chi connectivity index (χ3v) is 3.41. The Morgan fingerprint density at radius 1 is 1.11 bits per heavy atom. The Hall–Kier alpha value is -1.38. The monoisotopic (exact) mass is 277 g/mol. The second-order valence-electron chi connectivity index (χ2n) is 4.69. The highest BCUT2D eigenvalue weighted by Gasteiger charge is 2.14. The van der Waals surface area contributed by atoms with Crippen LogP contribution in [0.3, 0.4) is 0 Å². The summed E-state index contributed by atoms with van der Waals surface area (Å²) in [6.07, 6.45) is 0.830. The van der Waals surface area contributed by atoms with Gasteiger partial charge in [-0.15, -0.1) is 0 Å². The SMILES string of the molecule is Cc1cccc(C(CCNCl)c2cccc(F)c2)c1. The van der Waals surface area contributed by atoms with Crippen LogP contribution in [-0.4, -0.2) is 6.54 Å². The molecule has 0 bridgehead atoms. The van der Waals surface area contributed by atoms with Gasteiger partial charge in [0.25, 0.3) is 0 Å². The zero-order chi connectivity index (χ0) is 13.7. The van der Waals surface area contributed by atoms with Crippen molar-refractivity contribution in [2.45, 2.75) is 19.3 Å². The Bertz CT molecular complexity index is 496. The predicted octanol–water partition coefficient (Wildman–Crippen LogP) is 4.40. The number of aryl methyl sites for hydroxylation is 1. The van der Waals surface area contributed by atoms with Crippen molar-refractivity contribution in [1.82, 2.24) is 4.84 Å². The molecule has 0 aliphatic heterocycles. The molecule has 0 fully saturated rings. The molecular formula is C16H17ClFN. The lowest BCUT2D eigenvalue weighted by atomic mass is 9.88. The van der Waals surface area contributed by atoms with Gasteiger partial charge in [0, 0.05) is 12.5 Å². The van der Waals surface area contributed by atoms with Crippen LogP contribution in [0.15, 0.2) is 48.5 Å². The van der Waals surface area contributed by atoms with Crippen molar-refractivity contribution < 1.29 is 4.39 Å². The highest BCUT2D eigenvalue weighted by atomic mass is 35.5. The molecule has 1 N–H and O–H groups in total. The minimum absolute atomic E-state index is 0.154. The number of hydrogen-bond acceptors (Lipinski definition) is 1. The fraction of sp³-hybridized carbons (Fsp3) is 0.250. The number of rotatable bonds is 5. The summed E-state index contributed by atoms with van der Waals surface area (Å²) in [6, 6.07) is 15.1. The molecule has 0 aliphatic carbocycles. The normalized spacial score (nSPS) is 12.4. The molecule has 0 aromatic heterocycles. The molecule has 0 amide bonds. The lowest BCUT2D eigenvalue weighted by molar-refractivity contribution is 0.619. The summed E-state index contributed by atoms with van der Waals surface area (Å²) in [7, 11) is 0. The van der Waals surface area contributed by atoms with Crippen molar-refractivity contribution in [3.05, 3.63) is 71.0 Å². The summed E-state index contributed by atoms with van der Waals surface area (Å²) in [5, 5.41) is 0. The van der Waals surface area contributed by atoms with Crippen LogP contribution in [0.25, 0.3) is 0 Å².